The maximum Gasteiger partial charge on any atom is 0.337 e. The summed E-state index contributed by atoms with van der Waals surface area (Å²) in [5, 5.41) is 4.30. The fourth-order valence-electron chi connectivity index (χ4n) is 4.11. The Bertz CT molecular complexity index is 1020. The Labute approximate surface area is 167 Å². The summed E-state index contributed by atoms with van der Waals surface area (Å²) in [5.74, 6) is 0.474. The molecule has 4 heterocycles. The molecule has 9 heteroatoms. The van der Waals surface area contributed by atoms with Gasteiger partial charge in [0.05, 0.1) is 43.0 Å². The van der Waals surface area contributed by atoms with Crippen LogP contribution in [0.5, 0.6) is 0 Å². The summed E-state index contributed by atoms with van der Waals surface area (Å²) in [6.45, 7) is 2.55. The second kappa shape index (κ2) is 7.16. The van der Waals surface area contributed by atoms with Gasteiger partial charge in [0.15, 0.2) is 0 Å². The van der Waals surface area contributed by atoms with Crippen LogP contribution < -0.4 is 4.90 Å². The van der Waals surface area contributed by atoms with E-state index in [2.05, 4.69) is 10.00 Å². The van der Waals surface area contributed by atoms with Crippen LogP contribution >= 0.6 is 0 Å². The van der Waals surface area contributed by atoms with Gasteiger partial charge >= 0.3 is 5.97 Å². The van der Waals surface area contributed by atoms with Crippen LogP contribution in [0.3, 0.4) is 0 Å². The molecule has 29 heavy (non-hydrogen) atoms. The number of nitrogens with zero attached hydrogens (tertiary/aromatic N) is 5. The number of ether oxygens (including phenoxy) is 3. The molecule has 2 fully saturated rings. The van der Waals surface area contributed by atoms with Crippen LogP contribution in [-0.2, 0) is 21.3 Å². The second-order valence-electron chi connectivity index (χ2n) is 7.45. The van der Waals surface area contributed by atoms with E-state index in [0.717, 1.165) is 17.0 Å². The molecule has 152 valence electrons. The first-order valence-electron chi connectivity index (χ1n) is 9.66. The van der Waals surface area contributed by atoms with Crippen LogP contribution in [0.2, 0.25) is 0 Å². The van der Waals surface area contributed by atoms with Gasteiger partial charge < -0.3 is 23.7 Å². The lowest BCUT2D eigenvalue weighted by atomic mass is 10.2. The third-order valence-electron chi connectivity index (χ3n) is 5.68. The normalized spacial score (nSPS) is 22.6. The SMILES string of the molecule is COC(=O)c1ccc2c(c1)nc(N1C[C@@H]3OCC(n4cccn4)CO[C@H]3C1)n2C. The van der Waals surface area contributed by atoms with Crippen molar-refractivity contribution in [1.29, 1.82) is 0 Å². The minimum Gasteiger partial charge on any atom is -0.465 e. The monoisotopic (exact) mass is 397 g/mol. The average Bonchev–Trinajstić information content (AvgIpc) is 3.45. The Morgan fingerprint density at radius 1 is 1.21 bits per heavy atom. The van der Waals surface area contributed by atoms with E-state index in [1.807, 2.05) is 34.6 Å². The highest BCUT2D eigenvalue weighted by molar-refractivity contribution is 5.94. The van der Waals surface area contributed by atoms with Crippen molar-refractivity contribution in [3.8, 4) is 0 Å². The second-order valence-corrected chi connectivity index (χ2v) is 7.45. The minimum absolute atomic E-state index is 0.0130. The molecule has 0 amide bonds. The molecule has 0 spiro atoms. The van der Waals surface area contributed by atoms with Gasteiger partial charge in [-0.05, 0) is 24.3 Å². The number of esters is 1. The van der Waals surface area contributed by atoms with E-state index in [1.165, 1.54) is 7.11 Å². The molecule has 0 saturated carbocycles. The standard InChI is InChI=1S/C20H23N5O4/c1-23-16-5-4-13(19(26)27-2)8-15(16)22-20(23)24-9-17-18(10-24)29-12-14(11-28-17)25-7-3-6-21-25/h3-8,14,17-18H,9-12H2,1-2H3/t17-,18-/m0/s1. The van der Waals surface area contributed by atoms with Crippen molar-refractivity contribution < 1.29 is 19.0 Å². The van der Waals surface area contributed by atoms with Gasteiger partial charge in [-0.25, -0.2) is 9.78 Å². The third kappa shape index (κ3) is 3.16. The lowest BCUT2D eigenvalue weighted by Crippen LogP contribution is -2.27. The van der Waals surface area contributed by atoms with Crippen LogP contribution in [-0.4, -0.2) is 70.9 Å². The van der Waals surface area contributed by atoms with Gasteiger partial charge in [-0.2, -0.15) is 5.10 Å². The highest BCUT2D eigenvalue weighted by atomic mass is 16.6. The fourth-order valence-corrected chi connectivity index (χ4v) is 4.11. The first-order valence-corrected chi connectivity index (χ1v) is 9.66. The highest BCUT2D eigenvalue weighted by Crippen LogP contribution is 2.29. The Balaban J connectivity index is 1.35. The van der Waals surface area contributed by atoms with E-state index in [9.17, 15) is 4.79 Å². The van der Waals surface area contributed by atoms with Gasteiger partial charge in [0.2, 0.25) is 5.95 Å². The number of carbonyl (C=O) groups excluding carboxylic acids is 1. The number of methoxy groups -OCH3 is 1. The first-order chi connectivity index (χ1) is 14.1. The molecule has 2 aromatic heterocycles. The molecule has 1 aromatic carbocycles. The van der Waals surface area contributed by atoms with Gasteiger partial charge in [-0.15, -0.1) is 0 Å². The van der Waals surface area contributed by atoms with E-state index >= 15 is 0 Å². The summed E-state index contributed by atoms with van der Waals surface area (Å²) in [4.78, 5) is 18.8. The molecule has 2 saturated heterocycles. The number of benzene rings is 1. The number of aromatic nitrogens is 4. The first kappa shape index (κ1) is 18.1. The maximum atomic E-state index is 11.8. The van der Waals surface area contributed by atoms with Crippen molar-refractivity contribution in [3.63, 3.8) is 0 Å². The number of anilines is 1. The molecule has 3 aromatic rings. The zero-order valence-electron chi connectivity index (χ0n) is 16.4. The van der Waals surface area contributed by atoms with Crippen molar-refractivity contribution >= 4 is 23.0 Å². The number of carbonyl (C=O) groups is 1. The molecular weight excluding hydrogens is 374 g/mol. The quantitative estimate of drug-likeness (QED) is 0.618. The molecule has 2 aliphatic heterocycles. The van der Waals surface area contributed by atoms with Gasteiger partial charge in [0.1, 0.15) is 12.2 Å². The summed E-state index contributed by atoms with van der Waals surface area (Å²) in [7, 11) is 3.36. The van der Waals surface area contributed by atoms with Crippen molar-refractivity contribution in [1.82, 2.24) is 19.3 Å². The molecule has 0 N–H and O–H groups in total. The van der Waals surface area contributed by atoms with Crippen molar-refractivity contribution in [2.24, 2.45) is 7.05 Å². The highest BCUT2D eigenvalue weighted by Gasteiger charge is 2.39. The zero-order valence-corrected chi connectivity index (χ0v) is 16.4. The predicted octanol–water partition coefficient (Wildman–Crippen LogP) is 1.40. The fraction of sp³-hybridized carbons (Fsp3) is 0.450. The Morgan fingerprint density at radius 2 is 1.97 bits per heavy atom. The van der Waals surface area contributed by atoms with E-state index in [4.69, 9.17) is 19.2 Å². The molecule has 2 atom stereocenters. The number of aryl methyl sites for hydroxylation is 1. The number of imidazole rings is 1. The molecule has 0 bridgehead atoms. The third-order valence-corrected chi connectivity index (χ3v) is 5.68. The van der Waals surface area contributed by atoms with Crippen LogP contribution in [0.15, 0.2) is 36.7 Å². The average molecular weight is 397 g/mol. The number of fused-ring (bicyclic) bond motifs is 2. The lowest BCUT2D eigenvalue weighted by molar-refractivity contribution is -0.00461. The molecule has 0 unspecified atom stereocenters. The van der Waals surface area contributed by atoms with E-state index in [0.29, 0.717) is 31.9 Å². The van der Waals surface area contributed by atoms with Crippen LogP contribution in [0.1, 0.15) is 16.4 Å². The Morgan fingerprint density at radius 3 is 2.62 bits per heavy atom. The van der Waals surface area contributed by atoms with E-state index in [1.54, 1.807) is 18.3 Å². The smallest absolute Gasteiger partial charge is 0.337 e. The van der Waals surface area contributed by atoms with E-state index in [-0.39, 0.29) is 24.2 Å². The van der Waals surface area contributed by atoms with E-state index < -0.39 is 0 Å². The lowest BCUT2D eigenvalue weighted by Gasteiger charge is -2.19. The number of hydrogen-bond acceptors (Lipinski definition) is 7. The van der Waals surface area contributed by atoms with Crippen LogP contribution in [0, 0.1) is 0 Å². The minimum atomic E-state index is -0.365. The molecule has 5 rings (SSSR count). The van der Waals surface area contributed by atoms with Gasteiger partial charge in [-0.3, -0.25) is 4.68 Å². The Hall–Kier alpha value is -2.91. The van der Waals surface area contributed by atoms with Gasteiger partial charge in [0, 0.05) is 32.5 Å². The summed E-state index contributed by atoms with van der Waals surface area (Å²) < 4.78 is 21.1. The van der Waals surface area contributed by atoms with Crippen molar-refractivity contribution in [2.45, 2.75) is 18.2 Å². The topological polar surface area (TPSA) is 83.6 Å². The zero-order chi connectivity index (χ0) is 20.0. The largest absolute Gasteiger partial charge is 0.465 e. The predicted molar refractivity (Wildman–Crippen MR) is 105 cm³/mol. The molecular formula is C20H23N5O4. The van der Waals surface area contributed by atoms with Crippen molar-refractivity contribution in [2.75, 3.05) is 38.3 Å². The summed E-state index contributed by atoms with van der Waals surface area (Å²) in [5.41, 5.74) is 2.21. The number of rotatable bonds is 3. The van der Waals surface area contributed by atoms with Gasteiger partial charge in [0.25, 0.3) is 0 Å². The number of hydrogen-bond donors (Lipinski definition) is 0. The summed E-state index contributed by atoms with van der Waals surface area (Å²) in [6.07, 6.45) is 3.68. The van der Waals surface area contributed by atoms with Crippen molar-refractivity contribution in [3.05, 3.63) is 42.2 Å². The molecule has 0 aliphatic carbocycles. The molecule has 9 nitrogen and oxygen atoms in total. The summed E-state index contributed by atoms with van der Waals surface area (Å²) >= 11 is 0. The maximum absolute atomic E-state index is 11.8. The summed E-state index contributed by atoms with van der Waals surface area (Å²) in [6, 6.07) is 7.42. The van der Waals surface area contributed by atoms with Gasteiger partial charge in [-0.1, -0.05) is 0 Å². The molecule has 2 aliphatic rings. The van der Waals surface area contributed by atoms with Crippen LogP contribution in [0.25, 0.3) is 11.0 Å². The molecule has 0 radical (unpaired) electrons. The van der Waals surface area contributed by atoms with Crippen LogP contribution in [0.4, 0.5) is 5.95 Å². The Kier molecular flexibility index (Phi) is 4.48.